The van der Waals surface area contributed by atoms with Crippen LogP contribution in [0.1, 0.15) is 149 Å². The summed E-state index contributed by atoms with van der Waals surface area (Å²) in [6.07, 6.45) is 26.0. The first-order chi connectivity index (χ1) is 19.5. The molecule has 0 heterocycles. The van der Waals surface area contributed by atoms with Crippen LogP contribution in [0, 0.1) is 0 Å². The number of carbonyl (C=O) groups excluding carboxylic acids is 1. The quantitative estimate of drug-likeness (QED) is 0.0435. The Balaban J connectivity index is 3.76. The summed E-state index contributed by atoms with van der Waals surface area (Å²) in [7, 11) is 1.61. The van der Waals surface area contributed by atoms with Crippen LogP contribution < -0.4 is 5.32 Å². The minimum atomic E-state index is -4.26. The highest BCUT2D eigenvalue weighted by Gasteiger charge is 2.27. The van der Waals surface area contributed by atoms with Crippen molar-refractivity contribution in [3.8, 4) is 0 Å². The van der Waals surface area contributed by atoms with E-state index in [0.29, 0.717) is 17.4 Å². The Morgan fingerprint density at radius 2 is 1.12 bits per heavy atom. The van der Waals surface area contributed by atoms with Crippen LogP contribution in [0.25, 0.3) is 0 Å². The summed E-state index contributed by atoms with van der Waals surface area (Å²) in [6.45, 7) is 3.97. The molecular formula is C32H68N2O6P+. The Labute approximate surface area is 253 Å². The Hall–Kier alpha value is -0.500. The lowest BCUT2D eigenvalue weighted by Crippen LogP contribution is -2.45. The van der Waals surface area contributed by atoms with Gasteiger partial charge in [0.15, 0.2) is 0 Å². The molecule has 0 fully saturated rings. The van der Waals surface area contributed by atoms with Crippen molar-refractivity contribution in [1.29, 1.82) is 0 Å². The van der Waals surface area contributed by atoms with Gasteiger partial charge in [-0.1, -0.05) is 135 Å². The molecule has 0 radical (unpaired) electrons. The van der Waals surface area contributed by atoms with Crippen molar-refractivity contribution in [2.24, 2.45) is 0 Å². The number of nitrogens with zero attached hydrogens (tertiary/aromatic N) is 1. The standard InChI is InChI=1S/C32H67N2O6P/c1-6-7-8-9-10-11-12-13-14-15-16-17-18-19-20-21-22-23-24-25-26-32(36)31(33-30(2)35)29-40-41(37,38)39-28-27-34(3,4)5/h31-32,36H,6-29H2,1-5H3,(H-,33,35,37,38)/p+1. The molecule has 0 aliphatic heterocycles. The van der Waals surface area contributed by atoms with Gasteiger partial charge < -0.3 is 19.8 Å². The molecule has 0 aromatic heterocycles. The summed E-state index contributed by atoms with van der Waals surface area (Å²) in [5.41, 5.74) is 0. The predicted molar refractivity (Wildman–Crippen MR) is 171 cm³/mol. The summed E-state index contributed by atoms with van der Waals surface area (Å²) in [5, 5.41) is 13.2. The first kappa shape index (κ1) is 40.5. The molecule has 0 saturated heterocycles. The Morgan fingerprint density at radius 3 is 1.49 bits per heavy atom. The molecule has 0 aromatic rings. The van der Waals surface area contributed by atoms with Crippen LogP contribution in [0.3, 0.4) is 0 Å². The predicted octanol–water partition coefficient (Wildman–Crippen LogP) is 7.90. The molecule has 0 aromatic carbocycles. The SMILES string of the molecule is CCCCCCCCCCCCCCCCCCCCCCC(O)C(COP(=O)(O)OCC[N+](C)(C)C)NC(C)=O. The number of rotatable bonds is 30. The minimum absolute atomic E-state index is 0.0734. The van der Waals surface area contributed by atoms with Gasteiger partial charge in [0.2, 0.25) is 5.91 Å². The Bertz CT molecular complexity index is 659. The van der Waals surface area contributed by atoms with Crippen molar-refractivity contribution in [2.75, 3.05) is 40.9 Å². The number of hydrogen-bond acceptors (Lipinski definition) is 5. The molecule has 0 aliphatic carbocycles. The first-order valence-corrected chi connectivity index (χ1v) is 18.3. The van der Waals surface area contributed by atoms with E-state index in [9.17, 15) is 19.4 Å². The highest BCUT2D eigenvalue weighted by molar-refractivity contribution is 7.47. The molecule has 3 unspecified atom stereocenters. The molecular weight excluding hydrogens is 539 g/mol. The van der Waals surface area contributed by atoms with Crippen LogP contribution in [0.4, 0.5) is 0 Å². The van der Waals surface area contributed by atoms with Gasteiger partial charge in [-0.3, -0.25) is 13.8 Å². The van der Waals surface area contributed by atoms with Gasteiger partial charge in [0.25, 0.3) is 0 Å². The summed E-state index contributed by atoms with van der Waals surface area (Å²) < 4.78 is 22.9. The van der Waals surface area contributed by atoms with E-state index in [0.717, 1.165) is 19.3 Å². The van der Waals surface area contributed by atoms with Gasteiger partial charge in [0, 0.05) is 6.92 Å². The normalized spacial score (nSPS) is 15.0. The van der Waals surface area contributed by atoms with Crippen LogP contribution in [0.15, 0.2) is 0 Å². The van der Waals surface area contributed by atoms with Gasteiger partial charge in [0.1, 0.15) is 13.2 Å². The molecule has 0 spiro atoms. The summed E-state index contributed by atoms with van der Waals surface area (Å²) in [6, 6.07) is -0.754. The lowest BCUT2D eigenvalue weighted by atomic mass is 10.0. The summed E-state index contributed by atoms with van der Waals surface area (Å²) >= 11 is 0. The van der Waals surface area contributed by atoms with Crippen LogP contribution >= 0.6 is 7.82 Å². The van der Waals surface area contributed by atoms with Gasteiger partial charge >= 0.3 is 7.82 Å². The average molecular weight is 608 g/mol. The molecule has 41 heavy (non-hydrogen) atoms. The van der Waals surface area contributed by atoms with Crippen LogP contribution in [0.2, 0.25) is 0 Å². The number of unbranched alkanes of at least 4 members (excludes halogenated alkanes) is 19. The number of quaternary nitrogens is 1. The Morgan fingerprint density at radius 1 is 0.732 bits per heavy atom. The molecule has 3 N–H and O–H groups in total. The smallest absolute Gasteiger partial charge is 0.391 e. The van der Waals surface area contributed by atoms with E-state index in [-0.39, 0.29) is 19.1 Å². The first-order valence-electron chi connectivity index (χ1n) is 16.8. The van der Waals surface area contributed by atoms with Crippen LogP contribution in [-0.2, 0) is 18.4 Å². The topological polar surface area (TPSA) is 105 Å². The van der Waals surface area contributed by atoms with E-state index in [2.05, 4.69) is 12.2 Å². The van der Waals surface area contributed by atoms with Crippen molar-refractivity contribution < 1.29 is 32.9 Å². The molecule has 246 valence electrons. The zero-order valence-corrected chi connectivity index (χ0v) is 28.4. The van der Waals surface area contributed by atoms with Crippen LogP contribution in [-0.4, -0.2) is 73.4 Å². The number of phosphoric acid groups is 1. The van der Waals surface area contributed by atoms with Crippen molar-refractivity contribution in [1.82, 2.24) is 5.32 Å². The second-order valence-electron chi connectivity index (χ2n) is 13.0. The third kappa shape index (κ3) is 29.4. The fraction of sp³-hybridized carbons (Fsp3) is 0.969. The zero-order chi connectivity index (χ0) is 30.8. The Kier molecular flexibility index (Phi) is 25.6. The molecule has 9 heteroatoms. The second kappa shape index (κ2) is 25.9. The van der Waals surface area contributed by atoms with Gasteiger partial charge in [-0.05, 0) is 6.42 Å². The molecule has 0 saturated carbocycles. The number of likely N-dealkylation sites (N-methyl/N-ethyl adjacent to an activating group) is 1. The van der Waals surface area contributed by atoms with Gasteiger partial charge in [-0.2, -0.15) is 0 Å². The van der Waals surface area contributed by atoms with E-state index in [1.807, 2.05) is 21.1 Å². The number of carbonyl (C=O) groups is 1. The van der Waals surface area contributed by atoms with Gasteiger partial charge in [0.05, 0.1) is 39.9 Å². The number of hydrogen-bond donors (Lipinski definition) is 3. The molecule has 1 amide bonds. The number of nitrogens with one attached hydrogen (secondary N) is 1. The minimum Gasteiger partial charge on any atom is -0.391 e. The second-order valence-corrected chi connectivity index (χ2v) is 14.4. The molecule has 0 bridgehead atoms. The lowest BCUT2D eigenvalue weighted by Gasteiger charge is -2.26. The number of amides is 1. The van der Waals surface area contributed by atoms with E-state index >= 15 is 0 Å². The van der Waals surface area contributed by atoms with Crippen molar-refractivity contribution in [2.45, 2.75) is 161 Å². The molecule has 3 atom stereocenters. The van der Waals surface area contributed by atoms with E-state index in [1.54, 1.807) is 0 Å². The number of aliphatic hydroxyl groups excluding tert-OH is 1. The maximum absolute atomic E-state index is 12.2. The van der Waals surface area contributed by atoms with Crippen molar-refractivity contribution in [3.63, 3.8) is 0 Å². The van der Waals surface area contributed by atoms with E-state index in [4.69, 9.17) is 9.05 Å². The third-order valence-corrected chi connectivity index (χ3v) is 8.62. The lowest BCUT2D eigenvalue weighted by molar-refractivity contribution is -0.870. The zero-order valence-electron chi connectivity index (χ0n) is 27.5. The van der Waals surface area contributed by atoms with E-state index < -0.39 is 20.0 Å². The highest BCUT2D eigenvalue weighted by Crippen LogP contribution is 2.43. The molecule has 8 nitrogen and oxygen atoms in total. The monoisotopic (exact) mass is 607 g/mol. The fourth-order valence-corrected chi connectivity index (χ4v) is 5.70. The summed E-state index contributed by atoms with van der Waals surface area (Å²) in [5.74, 6) is -0.320. The fourth-order valence-electron chi connectivity index (χ4n) is 4.96. The van der Waals surface area contributed by atoms with Gasteiger partial charge in [-0.15, -0.1) is 0 Å². The summed E-state index contributed by atoms with van der Waals surface area (Å²) in [4.78, 5) is 21.5. The molecule has 0 aliphatic rings. The van der Waals surface area contributed by atoms with Crippen molar-refractivity contribution in [3.05, 3.63) is 0 Å². The number of aliphatic hydroxyl groups is 1. The average Bonchev–Trinajstić information content (AvgIpc) is 2.88. The maximum atomic E-state index is 12.2. The van der Waals surface area contributed by atoms with Gasteiger partial charge in [-0.25, -0.2) is 4.57 Å². The maximum Gasteiger partial charge on any atom is 0.472 e. The number of phosphoric ester groups is 1. The highest BCUT2D eigenvalue weighted by atomic mass is 31.2. The van der Waals surface area contributed by atoms with Crippen molar-refractivity contribution >= 4 is 13.7 Å². The third-order valence-electron chi connectivity index (χ3n) is 7.64. The van der Waals surface area contributed by atoms with E-state index in [1.165, 1.54) is 116 Å². The van der Waals surface area contributed by atoms with Crippen LogP contribution in [0.5, 0.6) is 0 Å². The molecule has 0 rings (SSSR count). The largest absolute Gasteiger partial charge is 0.472 e.